The summed E-state index contributed by atoms with van der Waals surface area (Å²) in [5, 5.41) is 23.1. The summed E-state index contributed by atoms with van der Waals surface area (Å²) in [6.45, 7) is 2.68. The number of amides is 1. The largest absolute Gasteiger partial charge is 0.494 e. The molecule has 178 valence electrons. The van der Waals surface area contributed by atoms with Gasteiger partial charge in [-0.1, -0.05) is 0 Å². The maximum absolute atomic E-state index is 12.6. The van der Waals surface area contributed by atoms with Gasteiger partial charge in [-0.05, 0) is 118 Å². The Bertz CT molecular complexity index is 1280. The topological polar surface area (TPSA) is 114 Å². The van der Waals surface area contributed by atoms with E-state index in [1.165, 1.54) is 18.2 Å². The zero-order valence-electron chi connectivity index (χ0n) is 18.5. The van der Waals surface area contributed by atoms with E-state index in [1.54, 1.807) is 36.4 Å². The molecule has 8 nitrogen and oxygen atoms in total. The van der Waals surface area contributed by atoms with Crippen LogP contribution in [0.3, 0.4) is 0 Å². The van der Waals surface area contributed by atoms with Crippen molar-refractivity contribution in [2.75, 3.05) is 11.9 Å². The van der Waals surface area contributed by atoms with Gasteiger partial charge in [0.1, 0.15) is 29.7 Å². The molecule has 0 saturated carbocycles. The van der Waals surface area contributed by atoms with Crippen molar-refractivity contribution in [3.05, 3.63) is 94.6 Å². The van der Waals surface area contributed by atoms with Crippen molar-refractivity contribution in [3.8, 4) is 17.6 Å². The van der Waals surface area contributed by atoms with Gasteiger partial charge in [0.15, 0.2) is 0 Å². The third-order valence-corrected chi connectivity index (χ3v) is 6.25. The molecule has 1 amide bonds. The van der Waals surface area contributed by atoms with Crippen LogP contribution in [0.5, 0.6) is 11.5 Å². The zero-order valence-corrected chi connectivity index (χ0v) is 22.8. The molecule has 0 saturated heterocycles. The number of benzene rings is 3. The maximum atomic E-state index is 12.6. The fourth-order valence-electron chi connectivity index (χ4n) is 2.98. The summed E-state index contributed by atoms with van der Waals surface area (Å²) in [4.78, 5) is 23.0. The molecule has 0 aromatic heterocycles. The van der Waals surface area contributed by atoms with Gasteiger partial charge in [0.2, 0.25) is 0 Å². The van der Waals surface area contributed by atoms with Gasteiger partial charge < -0.3 is 14.8 Å². The van der Waals surface area contributed by atoms with Crippen LogP contribution >= 0.6 is 45.2 Å². The second-order valence-electron chi connectivity index (χ2n) is 7.11. The Balaban J connectivity index is 1.71. The second kappa shape index (κ2) is 12.5. The fourth-order valence-corrected chi connectivity index (χ4v) is 5.11. The lowest BCUT2D eigenvalue weighted by atomic mass is 10.1. The number of non-ortho nitro benzene ring substituents is 1. The normalized spacial score (nSPS) is 10.9. The summed E-state index contributed by atoms with van der Waals surface area (Å²) < 4.78 is 12.9. The Morgan fingerprint density at radius 3 is 2.26 bits per heavy atom. The van der Waals surface area contributed by atoms with Crippen molar-refractivity contribution >= 4 is 68.5 Å². The van der Waals surface area contributed by atoms with Gasteiger partial charge in [0.25, 0.3) is 11.6 Å². The van der Waals surface area contributed by atoms with E-state index in [9.17, 15) is 20.2 Å². The monoisotopic (exact) mass is 695 g/mol. The number of nitro benzene ring substituents is 1. The van der Waals surface area contributed by atoms with Crippen molar-refractivity contribution in [1.29, 1.82) is 5.26 Å². The van der Waals surface area contributed by atoms with Gasteiger partial charge in [-0.25, -0.2) is 0 Å². The van der Waals surface area contributed by atoms with Crippen molar-refractivity contribution in [2.45, 2.75) is 13.5 Å². The minimum Gasteiger partial charge on any atom is -0.494 e. The Hall–Kier alpha value is -3.18. The van der Waals surface area contributed by atoms with Crippen molar-refractivity contribution in [2.24, 2.45) is 0 Å². The third-order valence-electron chi connectivity index (χ3n) is 4.65. The van der Waals surface area contributed by atoms with Crippen molar-refractivity contribution in [3.63, 3.8) is 0 Å². The highest BCUT2D eigenvalue weighted by Gasteiger charge is 2.13. The van der Waals surface area contributed by atoms with Crippen LogP contribution in [-0.4, -0.2) is 17.4 Å². The Labute approximate surface area is 229 Å². The molecule has 3 aromatic rings. The van der Waals surface area contributed by atoms with E-state index in [1.807, 2.05) is 25.1 Å². The van der Waals surface area contributed by atoms with Crippen LogP contribution < -0.4 is 14.8 Å². The minimum absolute atomic E-state index is 0.0221. The van der Waals surface area contributed by atoms with Crippen molar-refractivity contribution < 1.29 is 19.2 Å². The number of nitrogens with zero attached hydrogens (tertiary/aromatic N) is 2. The first kappa shape index (κ1) is 26.4. The number of halogens is 2. The van der Waals surface area contributed by atoms with Gasteiger partial charge in [-0.2, -0.15) is 5.26 Å². The smallest absolute Gasteiger partial charge is 0.269 e. The fraction of sp³-hybridized carbons (Fsp3) is 0.120. The molecule has 10 heteroatoms. The minimum atomic E-state index is -0.514. The van der Waals surface area contributed by atoms with Gasteiger partial charge in [0.05, 0.1) is 18.7 Å². The number of nitrogens with one attached hydrogen (secondary N) is 1. The maximum Gasteiger partial charge on any atom is 0.269 e. The Morgan fingerprint density at radius 2 is 1.71 bits per heavy atom. The molecule has 35 heavy (non-hydrogen) atoms. The first-order valence-corrected chi connectivity index (χ1v) is 12.5. The molecule has 0 aliphatic rings. The molecule has 0 fully saturated rings. The molecule has 0 heterocycles. The third kappa shape index (κ3) is 7.40. The van der Waals surface area contributed by atoms with E-state index in [2.05, 4.69) is 50.5 Å². The molecule has 3 rings (SSSR count). The first-order chi connectivity index (χ1) is 16.8. The molecule has 0 spiro atoms. The number of carbonyl (C=O) groups is 1. The predicted molar refractivity (Wildman–Crippen MR) is 149 cm³/mol. The summed E-state index contributed by atoms with van der Waals surface area (Å²) in [7, 11) is 0. The van der Waals surface area contributed by atoms with Crippen LogP contribution in [0.2, 0.25) is 0 Å². The molecule has 0 aliphatic heterocycles. The molecule has 1 N–H and O–H groups in total. The lowest BCUT2D eigenvalue weighted by molar-refractivity contribution is -0.384. The zero-order chi connectivity index (χ0) is 25.4. The highest BCUT2D eigenvalue weighted by molar-refractivity contribution is 14.1. The average Bonchev–Trinajstić information content (AvgIpc) is 2.83. The van der Waals surface area contributed by atoms with Crippen LogP contribution in [-0.2, 0) is 11.4 Å². The Kier molecular flexibility index (Phi) is 9.44. The van der Waals surface area contributed by atoms with E-state index < -0.39 is 10.8 Å². The number of anilines is 1. The molecular formula is C25H19I2N3O5. The van der Waals surface area contributed by atoms with E-state index in [0.717, 1.165) is 12.7 Å². The summed E-state index contributed by atoms with van der Waals surface area (Å²) in [5.74, 6) is 0.834. The number of carbonyl (C=O) groups excluding carboxylic acids is 1. The van der Waals surface area contributed by atoms with E-state index in [0.29, 0.717) is 29.4 Å². The summed E-state index contributed by atoms with van der Waals surface area (Å²) in [5.41, 5.74) is 2.02. The molecule has 0 atom stereocenters. The SMILES string of the molecule is CCOc1ccc(NC(=O)/C(C#N)=C\c2cc(I)c(OCc3ccc([N+](=O)[O-])cc3)c(I)c2)cc1. The summed E-state index contributed by atoms with van der Waals surface area (Å²) in [6, 6.07) is 18.7. The molecular weight excluding hydrogens is 676 g/mol. The van der Waals surface area contributed by atoms with E-state index in [-0.39, 0.29) is 17.9 Å². The number of ether oxygens (including phenoxy) is 2. The number of rotatable bonds is 9. The summed E-state index contributed by atoms with van der Waals surface area (Å²) >= 11 is 4.26. The molecule has 0 radical (unpaired) electrons. The Morgan fingerprint density at radius 1 is 1.09 bits per heavy atom. The standard InChI is InChI=1S/C25H19I2N3O5/c1-2-34-21-9-5-19(6-10-21)29-25(31)18(14-28)11-17-12-22(26)24(23(27)13-17)35-15-16-3-7-20(8-4-16)30(32)33/h3-13H,2,15H2,1H3,(H,29,31)/b18-11-. The number of hydrogen-bond acceptors (Lipinski definition) is 6. The van der Waals surface area contributed by atoms with Crippen LogP contribution in [0.4, 0.5) is 11.4 Å². The molecule has 0 bridgehead atoms. The van der Waals surface area contributed by atoms with Gasteiger partial charge in [-0.15, -0.1) is 0 Å². The molecule has 0 aliphatic carbocycles. The average molecular weight is 695 g/mol. The highest BCUT2D eigenvalue weighted by atomic mass is 127. The van der Waals surface area contributed by atoms with Crippen molar-refractivity contribution in [1.82, 2.24) is 0 Å². The van der Waals surface area contributed by atoms with Crippen LogP contribution in [0.1, 0.15) is 18.1 Å². The number of hydrogen-bond donors (Lipinski definition) is 1. The van der Waals surface area contributed by atoms with Gasteiger partial charge in [0, 0.05) is 17.8 Å². The van der Waals surface area contributed by atoms with Crippen LogP contribution in [0.25, 0.3) is 6.08 Å². The summed E-state index contributed by atoms with van der Waals surface area (Å²) in [6.07, 6.45) is 1.52. The lowest BCUT2D eigenvalue weighted by Gasteiger charge is -2.12. The van der Waals surface area contributed by atoms with E-state index >= 15 is 0 Å². The number of nitro groups is 1. The van der Waals surface area contributed by atoms with E-state index in [4.69, 9.17) is 9.47 Å². The van der Waals surface area contributed by atoms with Crippen LogP contribution in [0.15, 0.2) is 66.2 Å². The van der Waals surface area contributed by atoms with Crippen LogP contribution in [0, 0.1) is 28.6 Å². The van der Waals surface area contributed by atoms with Gasteiger partial charge in [-0.3, -0.25) is 14.9 Å². The first-order valence-electron chi connectivity index (χ1n) is 10.3. The second-order valence-corrected chi connectivity index (χ2v) is 9.43. The molecule has 0 unspecified atom stereocenters. The molecule has 3 aromatic carbocycles. The quantitative estimate of drug-likeness (QED) is 0.0921. The highest BCUT2D eigenvalue weighted by Crippen LogP contribution is 2.31. The lowest BCUT2D eigenvalue weighted by Crippen LogP contribution is -2.13. The van der Waals surface area contributed by atoms with Gasteiger partial charge >= 0.3 is 0 Å². The number of nitriles is 1. The predicted octanol–water partition coefficient (Wildman–Crippen LogP) is 6.33.